The molecular formula is C19H24N4O. The molecule has 0 atom stereocenters. The van der Waals surface area contributed by atoms with Crippen LogP contribution in [0.3, 0.4) is 0 Å². The maximum atomic E-state index is 12.4. The number of nitrogens with one attached hydrogen (secondary N) is 1. The zero-order chi connectivity index (χ0) is 17.1. The number of hydrogen-bond donors (Lipinski definition) is 1. The minimum absolute atomic E-state index is 0.191. The van der Waals surface area contributed by atoms with Crippen molar-refractivity contribution in [1.82, 2.24) is 9.97 Å². The molecule has 1 aromatic carbocycles. The summed E-state index contributed by atoms with van der Waals surface area (Å²) >= 11 is 0. The number of rotatable bonds is 6. The largest absolute Gasteiger partial charge is 0.369 e. The number of amides is 1. The van der Waals surface area contributed by atoms with Gasteiger partial charge in [-0.2, -0.15) is 0 Å². The molecule has 3 rings (SSSR count). The van der Waals surface area contributed by atoms with Crippen molar-refractivity contribution in [3.63, 3.8) is 0 Å². The number of benzene rings is 1. The number of carbonyl (C=O) groups excluding carboxylic acids is 1. The molecule has 0 unspecified atom stereocenters. The smallest absolute Gasteiger partial charge is 0.274 e. The highest BCUT2D eigenvalue weighted by molar-refractivity contribution is 6.02. The van der Waals surface area contributed by atoms with Crippen LogP contribution < -0.4 is 10.2 Å². The highest BCUT2D eigenvalue weighted by Crippen LogP contribution is 2.37. The third-order valence-electron chi connectivity index (χ3n) is 4.27. The predicted octanol–water partition coefficient (Wildman–Crippen LogP) is 3.84. The summed E-state index contributed by atoms with van der Waals surface area (Å²) in [6.07, 6.45) is 3.91. The van der Waals surface area contributed by atoms with Crippen molar-refractivity contribution in [2.24, 2.45) is 0 Å². The van der Waals surface area contributed by atoms with Crippen LogP contribution in [-0.2, 0) is 0 Å². The van der Waals surface area contributed by atoms with Crippen LogP contribution in [0.4, 0.5) is 11.4 Å². The van der Waals surface area contributed by atoms with E-state index < -0.39 is 0 Å². The van der Waals surface area contributed by atoms with Crippen molar-refractivity contribution in [2.45, 2.75) is 45.6 Å². The summed E-state index contributed by atoms with van der Waals surface area (Å²) in [5.74, 6) is 1.03. The molecule has 2 aromatic rings. The third kappa shape index (κ3) is 3.72. The fourth-order valence-electron chi connectivity index (χ4n) is 2.82. The SMILES string of the molecule is CCN(c1ccc(NC(=O)c2ccnc(C3CC3)n2)cc1)C(C)C. The van der Waals surface area contributed by atoms with E-state index in [4.69, 9.17) is 0 Å². The molecule has 1 fully saturated rings. The molecule has 5 nitrogen and oxygen atoms in total. The first-order valence-corrected chi connectivity index (χ1v) is 8.59. The molecule has 1 aliphatic rings. The number of aromatic nitrogens is 2. The maximum Gasteiger partial charge on any atom is 0.274 e. The Labute approximate surface area is 143 Å². The molecule has 0 spiro atoms. The van der Waals surface area contributed by atoms with Gasteiger partial charge in [-0.05, 0) is 63.9 Å². The van der Waals surface area contributed by atoms with Crippen molar-refractivity contribution in [3.05, 3.63) is 48.0 Å². The average molecular weight is 324 g/mol. The Morgan fingerprint density at radius 1 is 1.25 bits per heavy atom. The number of carbonyl (C=O) groups is 1. The van der Waals surface area contributed by atoms with Gasteiger partial charge in [-0.3, -0.25) is 4.79 Å². The molecule has 0 saturated heterocycles. The Bertz CT molecular complexity index is 708. The lowest BCUT2D eigenvalue weighted by molar-refractivity contribution is 0.102. The van der Waals surface area contributed by atoms with Crippen molar-refractivity contribution in [2.75, 3.05) is 16.8 Å². The van der Waals surface area contributed by atoms with Crippen LogP contribution in [0.2, 0.25) is 0 Å². The van der Waals surface area contributed by atoms with Crippen molar-refractivity contribution < 1.29 is 4.79 Å². The van der Waals surface area contributed by atoms with Gasteiger partial charge in [-0.15, -0.1) is 0 Å². The molecule has 0 aliphatic heterocycles. The first kappa shape index (κ1) is 16.4. The molecule has 1 aliphatic carbocycles. The van der Waals surface area contributed by atoms with Crippen molar-refractivity contribution in [3.8, 4) is 0 Å². The molecule has 126 valence electrons. The molecule has 0 radical (unpaired) electrons. The second-order valence-electron chi connectivity index (χ2n) is 6.46. The van der Waals surface area contributed by atoms with E-state index >= 15 is 0 Å². The fourth-order valence-corrected chi connectivity index (χ4v) is 2.82. The highest BCUT2D eigenvalue weighted by atomic mass is 16.1. The van der Waals surface area contributed by atoms with Crippen LogP contribution in [0.1, 0.15) is 55.8 Å². The standard InChI is InChI=1S/C19H24N4O/c1-4-23(13(2)3)16-9-7-15(8-10-16)21-19(24)17-11-12-20-18(22-17)14-5-6-14/h7-14H,4-6H2,1-3H3,(H,21,24). The summed E-state index contributed by atoms with van der Waals surface area (Å²) in [5, 5.41) is 2.91. The molecule has 1 amide bonds. The van der Waals surface area contributed by atoms with Crippen LogP contribution in [-0.4, -0.2) is 28.5 Å². The average Bonchev–Trinajstić information content (AvgIpc) is 3.42. The molecule has 1 saturated carbocycles. The van der Waals surface area contributed by atoms with E-state index in [1.165, 1.54) is 0 Å². The molecule has 5 heteroatoms. The molecule has 1 aromatic heterocycles. The normalized spacial score (nSPS) is 13.8. The number of nitrogens with zero attached hydrogens (tertiary/aromatic N) is 3. The van der Waals surface area contributed by atoms with Gasteiger partial charge in [0.05, 0.1) is 0 Å². The van der Waals surface area contributed by atoms with E-state index in [2.05, 4.69) is 41.0 Å². The molecule has 0 bridgehead atoms. The molecule has 24 heavy (non-hydrogen) atoms. The summed E-state index contributed by atoms with van der Waals surface area (Å²) < 4.78 is 0. The van der Waals surface area contributed by atoms with Gasteiger partial charge in [0.25, 0.3) is 5.91 Å². The van der Waals surface area contributed by atoms with E-state index in [9.17, 15) is 4.79 Å². The van der Waals surface area contributed by atoms with Gasteiger partial charge in [0.1, 0.15) is 11.5 Å². The lowest BCUT2D eigenvalue weighted by Gasteiger charge is -2.27. The fraction of sp³-hybridized carbons (Fsp3) is 0.421. The Hall–Kier alpha value is -2.43. The van der Waals surface area contributed by atoms with Crippen molar-refractivity contribution >= 4 is 17.3 Å². The van der Waals surface area contributed by atoms with Crippen LogP contribution in [0.5, 0.6) is 0 Å². The minimum atomic E-state index is -0.191. The zero-order valence-electron chi connectivity index (χ0n) is 14.5. The quantitative estimate of drug-likeness (QED) is 0.877. The number of hydrogen-bond acceptors (Lipinski definition) is 4. The van der Waals surface area contributed by atoms with Crippen molar-refractivity contribution in [1.29, 1.82) is 0 Å². The van der Waals surface area contributed by atoms with Gasteiger partial charge in [0.15, 0.2) is 0 Å². The predicted molar refractivity (Wildman–Crippen MR) is 96.6 cm³/mol. The first-order valence-electron chi connectivity index (χ1n) is 8.59. The van der Waals surface area contributed by atoms with Gasteiger partial charge in [-0.25, -0.2) is 9.97 Å². The maximum absolute atomic E-state index is 12.4. The summed E-state index contributed by atoms with van der Waals surface area (Å²) in [5.41, 5.74) is 2.35. The van der Waals surface area contributed by atoms with Crippen LogP contribution in [0, 0.1) is 0 Å². The van der Waals surface area contributed by atoms with E-state index in [0.717, 1.165) is 36.6 Å². The van der Waals surface area contributed by atoms with Gasteiger partial charge in [0, 0.05) is 36.1 Å². The highest BCUT2D eigenvalue weighted by Gasteiger charge is 2.27. The van der Waals surface area contributed by atoms with Gasteiger partial charge in [-0.1, -0.05) is 0 Å². The summed E-state index contributed by atoms with van der Waals surface area (Å²) in [6.45, 7) is 7.44. The Morgan fingerprint density at radius 2 is 1.96 bits per heavy atom. The lowest BCUT2D eigenvalue weighted by Crippen LogP contribution is -2.30. The van der Waals surface area contributed by atoms with E-state index in [1.54, 1.807) is 12.3 Å². The lowest BCUT2D eigenvalue weighted by atomic mass is 10.2. The minimum Gasteiger partial charge on any atom is -0.369 e. The Morgan fingerprint density at radius 3 is 2.54 bits per heavy atom. The number of anilines is 2. The summed E-state index contributed by atoms with van der Waals surface area (Å²) in [4.78, 5) is 23.3. The van der Waals surface area contributed by atoms with Gasteiger partial charge in [0.2, 0.25) is 0 Å². The van der Waals surface area contributed by atoms with Crippen LogP contribution in [0.15, 0.2) is 36.5 Å². The monoisotopic (exact) mass is 324 g/mol. The molecule has 1 heterocycles. The summed E-state index contributed by atoms with van der Waals surface area (Å²) in [6, 6.07) is 10.0. The van der Waals surface area contributed by atoms with E-state index in [-0.39, 0.29) is 5.91 Å². The Kier molecular flexibility index (Phi) is 4.79. The third-order valence-corrected chi connectivity index (χ3v) is 4.27. The second kappa shape index (κ2) is 6.99. The Balaban J connectivity index is 1.69. The summed E-state index contributed by atoms with van der Waals surface area (Å²) in [7, 11) is 0. The van der Waals surface area contributed by atoms with Gasteiger partial charge < -0.3 is 10.2 Å². The van der Waals surface area contributed by atoms with Crippen LogP contribution in [0.25, 0.3) is 0 Å². The van der Waals surface area contributed by atoms with E-state index in [1.807, 2.05) is 24.3 Å². The molecular weight excluding hydrogens is 300 g/mol. The first-order chi connectivity index (χ1) is 11.6. The van der Waals surface area contributed by atoms with Gasteiger partial charge >= 0.3 is 0 Å². The van der Waals surface area contributed by atoms with E-state index in [0.29, 0.717) is 17.7 Å². The molecule has 1 N–H and O–H groups in total. The topological polar surface area (TPSA) is 58.1 Å². The zero-order valence-corrected chi connectivity index (χ0v) is 14.5. The second-order valence-corrected chi connectivity index (χ2v) is 6.46. The van der Waals surface area contributed by atoms with Crippen LogP contribution >= 0.6 is 0 Å².